The first-order valence-corrected chi connectivity index (χ1v) is 7.41. The van der Waals surface area contributed by atoms with E-state index in [1.807, 2.05) is 0 Å². The van der Waals surface area contributed by atoms with Crippen LogP contribution in [-0.4, -0.2) is 13.1 Å². The van der Waals surface area contributed by atoms with Crippen molar-refractivity contribution in [3.63, 3.8) is 0 Å². The van der Waals surface area contributed by atoms with E-state index >= 15 is 0 Å². The molecule has 1 aliphatic rings. The smallest absolute Gasteiger partial charge is 0.0494 e. The maximum atomic E-state index is 3.46. The van der Waals surface area contributed by atoms with Crippen LogP contribution in [0.2, 0.25) is 0 Å². The lowest BCUT2D eigenvalue weighted by molar-refractivity contribution is 0.949. The van der Waals surface area contributed by atoms with Crippen LogP contribution in [0.15, 0.2) is 41.8 Å². The summed E-state index contributed by atoms with van der Waals surface area (Å²) in [6, 6.07) is 13.1. The van der Waals surface area contributed by atoms with Crippen LogP contribution in [0.1, 0.15) is 17.7 Å². The molecule has 0 spiro atoms. The third kappa shape index (κ3) is 2.67. The van der Waals surface area contributed by atoms with Crippen LogP contribution in [0, 0.1) is 0 Å². The van der Waals surface area contributed by atoms with Crippen molar-refractivity contribution in [3.05, 3.63) is 46.7 Å². The van der Waals surface area contributed by atoms with Crippen molar-refractivity contribution in [2.24, 2.45) is 0 Å². The summed E-state index contributed by atoms with van der Waals surface area (Å²) >= 11 is 1.79. The van der Waals surface area contributed by atoms with E-state index in [1.165, 1.54) is 42.2 Å². The maximum Gasteiger partial charge on any atom is 0.0494 e. The maximum absolute atomic E-state index is 3.46. The molecule has 1 fully saturated rings. The Balaban J connectivity index is 1.60. The summed E-state index contributed by atoms with van der Waals surface area (Å²) in [6.07, 6.45) is 2.66. The van der Waals surface area contributed by atoms with Crippen LogP contribution >= 0.6 is 11.3 Å². The lowest BCUT2D eigenvalue weighted by Gasteiger charge is -2.17. The van der Waals surface area contributed by atoms with Gasteiger partial charge in [-0.15, -0.1) is 11.3 Å². The lowest BCUT2D eigenvalue weighted by Crippen LogP contribution is -2.17. The van der Waals surface area contributed by atoms with E-state index in [4.69, 9.17) is 0 Å². The van der Waals surface area contributed by atoms with Gasteiger partial charge in [0.05, 0.1) is 0 Å². The molecule has 3 rings (SSSR count). The molecule has 1 aromatic heterocycles. The van der Waals surface area contributed by atoms with Crippen molar-refractivity contribution in [2.45, 2.75) is 19.4 Å². The molecule has 1 N–H and O–H groups in total. The van der Waals surface area contributed by atoms with Crippen molar-refractivity contribution in [1.29, 1.82) is 0 Å². The van der Waals surface area contributed by atoms with Gasteiger partial charge in [0.15, 0.2) is 0 Å². The van der Waals surface area contributed by atoms with E-state index in [0.717, 1.165) is 6.54 Å². The summed E-state index contributed by atoms with van der Waals surface area (Å²) in [5.74, 6) is 0. The van der Waals surface area contributed by atoms with Crippen LogP contribution in [0.4, 0.5) is 11.4 Å². The van der Waals surface area contributed by atoms with E-state index in [1.54, 1.807) is 11.3 Å². The first-order valence-electron chi connectivity index (χ1n) is 6.53. The first kappa shape index (κ1) is 11.6. The second-order valence-corrected chi connectivity index (χ2v) is 5.71. The zero-order chi connectivity index (χ0) is 12.2. The van der Waals surface area contributed by atoms with Gasteiger partial charge in [0.2, 0.25) is 0 Å². The molecular formula is C15H18N2S. The number of hydrogen-bond donors (Lipinski definition) is 1. The quantitative estimate of drug-likeness (QED) is 0.893. The molecule has 1 saturated heterocycles. The number of anilines is 2. The Morgan fingerprint density at radius 1 is 1.06 bits per heavy atom. The fraction of sp³-hybridized carbons (Fsp3) is 0.333. The Morgan fingerprint density at radius 3 is 2.50 bits per heavy atom. The van der Waals surface area contributed by atoms with Crippen molar-refractivity contribution in [2.75, 3.05) is 23.3 Å². The Kier molecular flexibility index (Phi) is 3.51. The molecule has 2 aromatic rings. The van der Waals surface area contributed by atoms with E-state index in [9.17, 15) is 0 Å². The predicted octanol–water partition coefficient (Wildman–Crippen LogP) is 3.96. The SMILES string of the molecule is c1csc(CNc2ccc(N3CCCC3)cc2)c1. The third-order valence-electron chi connectivity index (χ3n) is 3.39. The van der Waals surface area contributed by atoms with Crippen LogP contribution in [-0.2, 0) is 6.54 Å². The highest BCUT2D eigenvalue weighted by Gasteiger charge is 2.11. The molecule has 2 nitrogen and oxygen atoms in total. The van der Waals surface area contributed by atoms with Gasteiger partial charge in [0.25, 0.3) is 0 Å². The number of nitrogens with one attached hydrogen (secondary N) is 1. The topological polar surface area (TPSA) is 15.3 Å². The Morgan fingerprint density at radius 2 is 1.83 bits per heavy atom. The van der Waals surface area contributed by atoms with Gasteiger partial charge in [-0.1, -0.05) is 6.07 Å². The molecule has 18 heavy (non-hydrogen) atoms. The Labute approximate surface area is 112 Å². The zero-order valence-corrected chi connectivity index (χ0v) is 11.2. The number of rotatable bonds is 4. The standard InChI is InChI=1S/C15H18N2S/c1-2-10-17(9-1)14-7-5-13(6-8-14)16-12-15-4-3-11-18-15/h3-8,11,16H,1-2,9-10,12H2. The van der Waals surface area contributed by atoms with Crippen molar-refractivity contribution in [3.8, 4) is 0 Å². The van der Waals surface area contributed by atoms with Gasteiger partial charge in [-0.25, -0.2) is 0 Å². The zero-order valence-electron chi connectivity index (χ0n) is 10.4. The minimum atomic E-state index is 0.917. The molecule has 0 saturated carbocycles. The minimum absolute atomic E-state index is 0.917. The van der Waals surface area contributed by atoms with Gasteiger partial charge >= 0.3 is 0 Å². The van der Waals surface area contributed by atoms with Gasteiger partial charge in [0, 0.05) is 35.9 Å². The molecular weight excluding hydrogens is 240 g/mol. The molecule has 0 amide bonds. The largest absolute Gasteiger partial charge is 0.380 e. The third-order valence-corrected chi connectivity index (χ3v) is 4.26. The molecule has 2 heterocycles. The molecule has 0 bridgehead atoms. The summed E-state index contributed by atoms with van der Waals surface area (Å²) in [5.41, 5.74) is 2.56. The highest BCUT2D eigenvalue weighted by atomic mass is 32.1. The monoisotopic (exact) mass is 258 g/mol. The van der Waals surface area contributed by atoms with Crippen LogP contribution in [0.25, 0.3) is 0 Å². The summed E-state index contributed by atoms with van der Waals surface area (Å²) in [7, 11) is 0. The summed E-state index contributed by atoms with van der Waals surface area (Å²) in [5, 5.41) is 5.58. The van der Waals surface area contributed by atoms with E-state index < -0.39 is 0 Å². The average Bonchev–Trinajstić information content (AvgIpc) is 3.10. The number of nitrogens with zero attached hydrogens (tertiary/aromatic N) is 1. The van der Waals surface area contributed by atoms with Gasteiger partial charge in [-0.3, -0.25) is 0 Å². The summed E-state index contributed by atoms with van der Waals surface area (Å²) < 4.78 is 0. The molecule has 0 aliphatic carbocycles. The molecule has 0 unspecified atom stereocenters. The predicted molar refractivity (Wildman–Crippen MR) is 79.5 cm³/mol. The highest BCUT2D eigenvalue weighted by Crippen LogP contribution is 2.22. The van der Waals surface area contributed by atoms with E-state index in [-0.39, 0.29) is 0 Å². The second kappa shape index (κ2) is 5.44. The van der Waals surface area contributed by atoms with Crippen LogP contribution in [0.3, 0.4) is 0 Å². The van der Waals surface area contributed by atoms with Crippen molar-refractivity contribution < 1.29 is 0 Å². The molecule has 0 atom stereocenters. The summed E-state index contributed by atoms with van der Waals surface area (Å²) in [4.78, 5) is 3.84. The van der Waals surface area contributed by atoms with E-state index in [0.29, 0.717) is 0 Å². The van der Waals surface area contributed by atoms with Gasteiger partial charge < -0.3 is 10.2 Å². The Hall–Kier alpha value is -1.48. The molecule has 0 radical (unpaired) electrons. The minimum Gasteiger partial charge on any atom is -0.380 e. The molecule has 1 aliphatic heterocycles. The molecule has 94 valence electrons. The van der Waals surface area contributed by atoms with Crippen LogP contribution in [0.5, 0.6) is 0 Å². The highest BCUT2D eigenvalue weighted by molar-refractivity contribution is 7.09. The first-order chi connectivity index (χ1) is 8.92. The van der Waals surface area contributed by atoms with Crippen LogP contribution < -0.4 is 10.2 Å². The van der Waals surface area contributed by atoms with E-state index in [2.05, 4.69) is 52.0 Å². The van der Waals surface area contributed by atoms with Gasteiger partial charge in [-0.2, -0.15) is 0 Å². The fourth-order valence-electron chi connectivity index (χ4n) is 2.37. The lowest BCUT2D eigenvalue weighted by atomic mass is 10.2. The number of benzene rings is 1. The number of hydrogen-bond acceptors (Lipinski definition) is 3. The fourth-order valence-corrected chi connectivity index (χ4v) is 3.01. The Bertz CT molecular complexity index is 470. The number of thiophene rings is 1. The average molecular weight is 258 g/mol. The normalized spacial score (nSPS) is 15.0. The van der Waals surface area contributed by atoms with Gasteiger partial charge in [0.1, 0.15) is 0 Å². The second-order valence-electron chi connectivity index (χ2n) is 4.67. The van der Waals surface area contributed by atoms with Crippen molar-refractivity contribution >= 4 is 22.7 Å². The molecule has 1 aromatic carbocycles. The van der Waals surface area contributed by atoms with Crippen molar-refractivity contribution in [1.82, 2.24) is 0 Å². The van der Waals surface area contributed by atoms with Gasteiger partial charge in [-0.05, 0) is 48.6 Å². The molecule has 3 heteroatoms. The summed E-state index contributed by atoms with van der Waals surface area (Å²) in [6.45, 7) is 3.34.